The highest BCUT2D eigenvalue weighted by Gasteiger charge is 2.22. The van der Waals surface area contributed by atoms with Crippen LogP contribution in [-0.4, -0.2) is 58.4 Å². The number of nitrogens with one attached hydrogen (secondary N) is 1. The van der Waals surface area contributed by atoms with E-state index in [2.05, 4.69) is 5.32 Å². The fourth-order valence-corrected chi connectivity index (χ4v) is 2.94. The minimum absolute atomic E-state index is 0.112. The van der Waals surface area contributed by atoms with Crippen LogP contribution in [0.1, 0.15) is 26.7 Å². The van der Waals surface area contributed by atoms with E-state index in [1.165, 1.54) is 4.31 Å². The predicted octanol–water partition coefficient (Wildman–Crippen LogP) is 0.673. The van der Waals surface area contributed by atoms with Crippen molar-refractivity contribution in [1.82, 2.24) is 9.62 Å². The second-order valence-electron chi connectivity index (χ2n) is 4.20. The van der Waals surface area contributed by atoms with Gasteiger partial charge in [0.2, 0.25) is 10.0 Å². The Hall–Kier alpha value is -0.170. The SMILES string of the molecule is CCNCCCCS(=O)(=O)N(C)C(C)COC. The van der Waals surface area contributed by atoms with Crippen LogP contribution in [-0.2, 0) is 14.8 Å². The number of methoxy groups -OCH3 is 1. The molecule has 0 aromatic carbocycles. The molecule has 0 rings (SSSR count). The first-order valence-corrected chi connectivity index (χ1v) is 7.72. The van der Waals surface area contributed by atoms with Crippen molar-refractivity contribution in [2.45, 2.75) is 32.7 Å². The van der Waals surface area contributed by atoms with Crippen molar-refractivity contribution in [2.75, 3.05) is 39.6 Å². The Labute approximate surface area is 106 Å². The Morgan fingerprint density at radius 1 is 1.35 bits per heavy atom. The van der Waals surface area contributed by atoms with E-state index in [0.717, 1.165) is 19.5 Å². The lowest BCUT2D eigenvalue weighted by molar-refractivity contribution is 0.149. The first-order chi connectivity index (χ1) is 7.95. The van der Waals surface area contributed by atoms with E-state index in [0.29, 0.717) is 13.0 Å². The van der Waals surface area contributed by atoms with E-state index < -0.39 is 10.0 Å². The Bertz CT molecular complexity index is 280. The van der Waals surface area contributed by atoms with Crippen LogP contribution in [0.2, 0.25) is 0 Å². The maximum atomic E-state index is 11.9. The summed E-state index contributed by atoms with van der Waals surface area (Å²) in [6, 6.07) is -0.112. The lowest BCUT2D eigenvalue weighted by atomic mass is 10.3. The van der Waals surface area contributed by atoms with Crippen molar-refractivity contribution in [2.24, 2.45) is 0 Å². The van der Waals surface area contributed by atoms with Crippen LogP contribution in [0.4, 0.5) is 0 Å². The second-order valence-corrected chi connectivity index (χ2v) is 6.35. The topological polar surface area (TPSA) is 58.6 Å². The molecule has 0 radical (unpaired) electrons. The predicted molar refractivity (Wildman–Crippen MR) is 70.7 cm³/mol. The number of nitrogens with zero attached hydrogens (tertiary/aromatic N) is 1. The van der Waals surface area contributed by atoms with Gasteiger partial charge >= 0.3 is 0 Å². The van der Waals surface area contributed by atoms with Crippen LogP contribution < -0.4 is 5.32 Å². The fourth-order valence-electron chi connectivity index (χ4n) is 1.48. The number of likely N-dealkylation sites (N-methyl/N-ethyl adjacent to an activating group) is 1. The van der Waals surface area contributed by atoms with Gasteiger partial charge in [0, 0.05) is 20.2 Å². The summed E-state index contributed by atoms with van der Waals surface area (Å²) in [6.07, 6.45) is 1.58. The van der Waals surface area contributed by atoms with Gasteiger partial charge in [-0.15, -0.1) is 0 Å². The molecule has 5 nitrogen and oxygen atoms in total. The van der Waals surface area contributed by atoms with Crippen LogP contribution in [0.15, 0.2) is 0 Å². The van der Waals surface area contributed by atoms with Gasteiger partial charge in [-0.25, -0.2) is 8.42 Å². The third-order valence-electron chi connectivity index (χ3n) is 2.72. The van der Waals surface area contributed by atoms with E-state index >= 15 is 0 Å². The summed E-state index contributed by atoms with van der Waals surface area (Å²) in [4.78, 5) is 0. The first kappa shape index (κ1) is 16.8. The zero-order valence-electron chi connectivity index (χ0n) is 11.4. The van der Waals surface area contributed by atoms with Gasteiger partial charge in [0.15, 0.2) is 0 Å². The van der Waals surface area contributed by atoms with Gasteiger partial charge < -0.3 is 10.1 Å². The van der Waals surface area contributed by atoms with E-state index in [1.807, 2.05) is 13.8 Å². The Morgan fingerprint density at radius 2 is 2.00 bits per heavy atom. The molecule has 0 saturated heterocycles. The van der Waals surface area contributed by atoms with E-state index in [9.17, 15) is 8.42 Å². The molecule has 0 fully saturated rings. The quantitative estimate of drug-likeness (QED) is 0.591. The Kier molecular flexibility index (Phi) is 8.77. The third kappa shape index (κ3) is 6.98. The summed E-state index contributed by atoms with van der Waals surface area (Å²) in [6.45, 7) is 6.12. The van der Waals surface area contributed by atoms with Crippen LogP contribution in [0.5, 0.6) is 0 Å². The van der Waals surface area contributed by atoms with Crippen molar-refractivity contribution in [3.05, 3.63) is 0 Å². The maximum absolute atomic E-state index is 11.9. The highest BCUT2D eigenvalue weighted by Crippen LogP contribution is 2.07. The lowest BCUT2D eigenvalue weighted by Gasteiger charge is -2.23. The molecule has 0 bridgehead atoms. The molecular formula is C11H26N2O3S. The van der Waals surface area contributed by atoms with E-state index in [4.69, 9.17) is 4.74 Å². The van der Waals surface area contributed by atoms with Gasteiger partial charge in [-0.3, -0.25) is 0 Å². The summed E-state index contributed by atoms with van der Waals surface area (Å²) in [5, 5.41) is 3.18. The van der Waals surface area contributed by atoms with Crippen molar-refractivity contribution in [3.8, 4) is 0 Å². The zero-order valence-corrected chi connectivity index (χ0v) is 12.2. The van der Waals surface area contributed by atoms with E-state index in [1.54, 1.807) is 14.2 Å². The van der Waals surface area contributed by atoms with Gasteiger partial charge in [-0.2, -0.15) is 4.31 Å². The zero-order chi connectivity index (χ0) is 13.3. The molecule has 0 aromatic heterocycles. The minimum Gasteiger partial charge on any atom is -0.383 e. The third-order valence-corrected chi connectivity index (χ3v) is 4.77. The number of rotatable bonds is 10. The molecule has 0 amide bonds. The van der Waals surface area contributed by atoms with Crippen LogP contribution in [0, 0.1) is 0 Å². The Balaban J connectivity index is 4.01. The van der Waals surface area contributed by atoms with Gasteiger partial charge in [-0.05, 0) is 32.9 Å². The average Bonchev–Trinajstić information content (AvgIpc) is 2.28. The standard InChI is InChI=1S/C11H26N2O3S/c1-5-12-8-6-7-9-17(14,15)13(3)11(2)10-16-4/h11-12H,5-10H2,1-4H3. The highest BCUT2D eigenvalue weighted by molar-refractivity contribution is 7.89. The molecule has 0 aromatic rings. The molecule has 0 aliphatic rings. The number of ether oxygens (including phenoxy) is 1. The van der Waals surface area contributed by atoms with Crippen LogP contribution in [0.25, 0.3) is 0 Å². The largest absolute Gasteiger partial charge is 0.383 e. The molecule has 1 atom stereocenters. The summed E-state index contributed by atoms with van der Waals surface area (Å²) in [7, 11) is 0.0478. The molecule has 0 spiro atoms. The summed E-state index contributed by atoms with van der Waals surface area (Å²) in [5.74, 6) is 0.211. The molecule has 104 valence electrons. The minimum atomic E-state index is -3.14. The molecule has 1 N–H and O–H groups in total. The molecule has 0 saturated carbocycles. The van der Waals surface area contributed by atoms with Crippen molar-refractivity contribution < 1.29 is 13.2 Å². The molecule has 1 unspecified atom stereocenters. The summed E-state index contributed by atoms with van der Waals surface area (Å²) in [5.41, 5.74) is 0. The molecule has 0 aliphatic heterocycles. The second kappa shape index (κ2) is 8.85. The average molecular weight is 266 g/mol. The Morgan fingerprint density at radius 3 is 2.53 bits per heavy atom. The number of unbranched alkanes of at least 4 members (excludes halogenated alkanes) is 1. The van der Waals surface area contributed by atoms with Crippen LogP contribution in [0.3, 0.4) is 0 Å². The molecule has 17 heavy (non-hydrogen) atoms. The number of sulfonamides is 1. The number of hydrogen-bond acceptors (Lipinski definition) is 4. The molecular weight excluding hydrogens is 240 g/mol. The molecule has 6 heteroatoms. The van der Waals surface area contributed by atoms with Crippen LogP contribution >= 0.6 is 0 Å². The highest BCUT2D eigenvalue weighted by atomic mass is 32.2. The molecule has 0 aliphatic carbocycles. The first-order valence-electron chi connectivity index (χ1n) is 6.11. The summed E-state index contributed by atoms with van der Waals surface area (Å²) >= 11 is 0. The maximum Gasteiger partial charge on any atom is 0.214 e. The normalized spacial score (nSPS) is 14.2. The fraction of sp³-hybridized carbons (Fsp3) is 1.00. The smallest absolute Gasteiger partial charge is 0.214 e. The van der Waals surface area contributed by atoms with Gasteiger partial charge in [0.05, 0.1) is 12.4 Å². The van der Waals surface area contributed by atoms with Crippen molar-refractivity contribution in [3.63, 3.8) is 0 Å². The van der Waals surface area contributed by atoms with Crippen molar-refractivity contribution in [1.29, 1.82) is 0 Å². The van der Waals surface area contributed by atoms with Gasteiger partial charge in [0.25, 0.3) is 0 Å². The lowest BCUT2D eigenvalue weighted by Crippen LogP contribution is -2.39. The van der Waals surface area contributed by atoms with E-state index in [-0.39, 0.29) is 11.8 Å². The monoisotopic (exact) mass is 266 g/mol. The molecule has 0 heterocycles. The summed E-state index contributed by atoms with van der Waals surface area (Å²) < 4.78 is 30.2. The van der Waals surface area contributed by atoms with Crippen molar-refractivity contribution >= 4 is 10.0 Å². The van der Waals surface area contributed by atoms with Gasteiger partial charge in [-0.1, -0.05) is 6.92 Å². The number of hydrogen-bond donors (Lipinski definition) is 1. The van der Waals surface area contributed by atoms with Gasteiger partial charge in [0.1, 0.15) is 0 Å².